The van der Waals surface area contributed by atoms with E-state index in [2.05, 4.69) is 23.8 Å². The Balaban J connectivity index is 3.32. The Kier molecular flexibility index (Phi) is 12.1. The van der Waals surface area contributed by atoms with Gasteiger partial charge in [0, 0.05) is 6.54 Å². The van der Waals surface area contributed by atoms with E-state index in [0.29, 0.717) is 0 Å². The highest BCUT2D eigenvalue weighted by molar-refractivity contribution is 7.98. The van der Waals surface area contributed by atoms with Crippen LogP contribution in [0.4, 0.5) is 0 Å². The number of carbonyl (C=O) groups excluding carboxylic acids is 1. The number of hydrogen-bond donors (Lipinski definition) is 2. The number of nitrogens with one attached hydrogen (secondary N) is 2. The zero-order chi connectivity index (χ0) is 12.9. The molecule has 3 nitrogen and oxygen atoms in total. The van der Waals surface area contributed by atoms with Crippen molar-refractivity contribution in [3.8, 4) is 0 Å². The lowest BCUT2D eigenvalue weighted by Gasteiger charge is -2.13. The van der Waals surface area contributed by atoms with Crippen LogP contribution in [0, 0.1) is 0 Å². The Morgan fingerprint density at radius 2 is 1.88 bits per heavy atom. The first kappa shape index (κ1) is 16.8. The number of amides is 1. The second kappa shape index (κ2) is 12.2. The fraction of sp³-hybridized carbons (Fsp3) is 0.923. The third-order valence-corrected chi connectivity index (χ3v) is 3.37. The third kappa shape index (κ3) is 10.6. The molecule has 0 aliphatic rings. The number of unbranched alkanes of at least 4 members (excludes halogenated alkanes) is 3. The molecule has 0 aliphatic carbocycles. The van der Waals surface area contributed by atoms with Crippen molar-refractivity contribution in [3.05, 3.63) is 0 Å². The molecule has 0 aromatic carbocycles. The summed E-state index contributed by atoms with van der Waals surface area (Å²) in [5, 5.41) is 6.16. The van der Waals surface area contributed by atoms with E-state index >= 15 is 0 Å². The van der Waals surface area contributed by atoms with Gasteiger partial charge in [0.25, 0.3) is 0 Å². The maximum atomic E-state index is 11.5. The molecule has 0 heterocycles. The van der Waals surface area contributed by atoms with Crippen LogP contribution in [0.3, 0.4) is 0 Å². The first-order valence-corrected chi connectivity index (χ1v) is 8.11. The Bertz CT molecular complexity index is 188. The Labute approximate surface area is 111 Å². The van der Waals surface area contributed by atoms with Crippen molar-refractivity contribution in [3.63, 3.8) is 0 Å². The van der Waals surface area contributed by atoms with Gasteiger partial charge in [0.2, 0.25) is 5.91 Å². The predicted octanol–water partition coefficient (Wildman–Crippen LogP) is 2.41. The van der Waals surface area contributed by atoms with Crippen molar-refractivity contribution in [2.75, 3.05) is 25.1 Å². The van der Waals surface area contributed by atoms with E-state index in [1.807, 2.05) is 18.7 Å². The molecule has 4 heteroatoms. The molecule has 0 fully saturated rings. The predicted molar refractivity (Wildman–Crippen MR) is 77.6 cm³/mol. The summed E-state index contributed by atoms with van der Waals surface area (Å²) in [6.45, 7) is 5.71. The Morgan fingerprint density at radius 1 is 1.18 bits per heavy atom. The van der Waals surface area contributed by atoms with Gasteiger partial charge in [0.05, 0.1) is 6.04 Å². The maximum absolute atomic E-state index is 11.5. The van der Waals surface area contributed by atoms with E-state index in [1.165, 1.54) is 31.4 Å². The molecule has 1 unspecified atom stereocenters. The van der Waals surface area contributed by atoms with E-state index in [1.54, 1.807) is 0 Å². The minimum atomic E-state index is -0.0623. The van der Waals surface area contributed by atoms with Crippen molar-refractivity contribution in [2.24, 2.45) is 0 Å². The van der Waals surface area contributed by atoms with Crippen LogP contribution in [-0.2, 0) is 4.79 Å². The van der Waals surface area contributed by atoms with Crippen molar-refractivity contribution >= 4 is 17.7 Å². The number of rotatable bonds is 11. The second-order valence-electron chi connectivity index (χ2n) is 4.37. The van der Waals surface area contributed by atoms with Crippen LogP contribution in [0.1, 0.15) is 46.0 Å². The molecule has 102 valence electrons. The fourth-order valence-corrected chi connectivity index (χ4v) is 2.03. The van der Waals surface area contributed by atoms with Crippen molar-refractivity contribution < 1.29 is 4.79 Å². The molecule has 0 bridgehead atoms. The van der Waals surface area contributed by atoms with Gasteiger partial charge < -0.3 is 10.6 Å². The topological polar surface area (TPSA) is 41.1 Å². The number of carbonyl (C=O) groups is 1. The van der Waals surface area contributed by atoms with Crippen LogP contribution < -0.4 is 10.6 Å². The minimum absolute atomic E-state index is 0.0623. The van der Waals surface area contributed by atoms with Crippen LogP contribution >= 0.6 is 11.8 Å². The van der Waals surface area contributed by atoms with Crippen LogP contribution in [0.15, 0.2) is 0 Å². The minimum Gasteiger partial charge on any atom is -0.355 e. The van der Waals surface area contributed by atoms with Gasteiger partial charge in [-0.05, 0) is 44.7 Å². The van der Waals surface area contributed by atoms with Crippen molar-refractivity contribution in [1.29, 1.82) is 0 Å². The first-order valence-electron chi connectivity index (χ1n) is 6.72. The Morgan fingerprint density at radius 3 is 2.53 bits per heavy atom. The maximum Gasteiger partial charge on any atom is 0.236 e. The van der Waals surface area contributed by atoms with Gasteiger partial charge >= 0.3 is 0 Å². The molecular formula is C13H28N2OS. The average Bonchev–Trinajstić information content (AvgIpc) is 2.34. The summed E-state index contributed by atoms with van der Waals surface area (Å²) in [4.78, 5) is 11.5. The smallest absolute Gasteiger partial charge is 0.236 e. The highest BCUT2D eigenvalue weighted by atomic mass is 32.2. The van der Waals surface area contributed by atoms with E-state index < -0.39 is 0 Å². The summed E-state index contributed by atoms with van der Waals surface area (Å²) in [7, 11) is 0. The summed E-state index contributed by atoms with van der Waals surface area (Å²) in [5.74, 6) is 1.39. The SMILES string of the molecule is CCCNC(=O)C(C)NCCCCCCSC. The lowest BCUT2D eigenvalue weighted by Crippen LogP contribution is -2.42. The van der Waals surface area contributed by atoms with Gasteiger partial charge in [0.15, 0.2) is 0 Å². The summed E-state index contributed by atoms with van der Waals surface area (Å²) < 4.78 is 0. The van der Waals surface area contributed by atoms with Crippen molar-refractivity contribution in [2.45, 2.75) is 52.0 Å². The molecule has 17 heavy (non-hydrogen) atoms. The van der Waals surface area contributed by atoms with Gasteiger partial charge in [-0.2, -0.15) is 11.8 Å². The molecule has 0 rings (SSSR count). The molecule has 0 saturated heterocycles. The normalized spacial score (nSPS) is 12.4. The number of hydrogen-bond acceptors (Lipinski definition) is 3. The number of thioether (sulfide) groups is 1. The molecule has 0 aliphatic heterocycles. The third-order valence-electron chi connectivity index (χ3n) is 2.67. The van der Waals surface area contributed by atoms with E-state index in [-0.39, 0.29) is 11.9 Å². The first-order chi connectivity index (χ1) is 8.22. The van der Waals surface area contributed by atoms with E-state index in [4.69, 9.17) is 0 Å². The van der Waals surface area contributed by atoms with E-state index in [0.717, 1.165) is 19.5 Å². The molecule has 0 radical (unpaired) electrons. The highest BCUT2D eigenvalue weighted by Gasteiger charge is 2.09. The van der Waals surface area contributed by atoms with Crippen LogP contribution in [0.5, 0.6) is 0 Å². The van der Waals surface area contributed by atoms with Gasteiger partial charge in [-0.3, -0.25) is 4.79 Å². The van der Waals surface area contributed by atoms with Gasteiger partial charge in [-0.15, -0.1) is 0 Å². The monoisotopic (exact) mass is 260 g/mol. The quantitative estimate of drug-likeness (QED) is 0.561. The molecule has 0 aromatic heterocycles. The van der Waals surface area contributed by atoms with Crippen molar-refractivity contribution in [1.82, 2.24) is 10.6 Å². The molecular weight excluding hydrogens is 232 g/mol. The molecule has 1 atom stereocenters. The second-order valence-corrected chi connectivity index (χ2v) is 5.36. The largest absolute Gasteiger partial charge is 0.355 e. The molecule has 2 N–H and O–H groups in total. The fourth-order valence-electron chi connectivity index (χ4n) is 1.54. The highest BCUT2D eigenvalue weighted by Crippen LogP contribution is 2.03. The summed E-state index contributed by atoms with van der Waals surface area (Å²) in [5.41, 5.74) is 0. The van der Waals surface area contributed by atoms with Gasteiger partial charge in [0.1, 0.15) is 0 Å². The van der Waals surface area contributed by atoms with Crippen LogP contribution in [0.25, 0.3) is 0 Å². The standard InChI is InChI=1S/C13H28N2OS/c1-4-9-15-13(16)12(2)14-10-7-5-6-8-11-17-3/h12,14H,4-11H2,1-3H3,(H,15,16). The summed E-state index contributed by atoms with van der Waals surface area (Å²) >= 11 is 1.91. The van der Waals surface area contributed by atoms with Gasteiger partial charge in [-0.25, -0.2) is 0 Å². The van der Waals surface area contributed by atoms with Gasteiger partial charge in [-0.1, -0.05) is 19.8 Å². The zero-order valence-electron chi connectivity index (χ0n) is 11.6. The lowest BCUT2D eigenvalue weighted by molar-refractivity contribution is -0.122. The molecule has 0 aromatic rings. The average molecular weight is 260 g/mol. The Hall–Kier alpha value is -0.220. The molecule has 1 amide bonds. The summed E-state index contributed by atoms with van der Waals surface area (Å²) in [6.07, 6.45) is 8.19. The van der Waals surface area contributed by atoms with Crippen LogP contribution in [-0.4, -0.2) is 37.0 Å². The van der Waals surface area contributed by atoms with Crippen LogP contribution in [0.2, 0.25) is 0 Å². The van der Waals surface area contributed by atoms with E-state index in [9.17, 15) is 4.79 Å². The summed E-state index contributed by atoms with van der Waals surface area (Å²) in [6, 6.07) is -0.0623. The molecule has 0 spiro atoms. The zero-order valence-corrected chi connectivity index (χ0v) is 12.4. The molecule has 0 saturated carbocycles. The lowest BCUT2D eigenvalue weighted by atomic mass is 10.2.